The summed E-state index contributed by atoms with van der Waals surface area (Å²) in [6.07, 6.45) is -2.07. The number of aromatic nitrogens is 2. The minimum atomic E-state index is -4.39. The van der Waals surface area contributed by atoms with Gasteiger partial charge in [0.15, 0.2) is 0 Å². The van der Waals surface area contributed by atoms with Gasteiger partial charge in [0, 0.05) is 17.7 Å². The van der Waals surface area contributed by atoms with Crippen molar-refractivity contribution >= 4 is 11.5 Å². The molecule has 0 saturated heterocycles. The van der Waals surface area contributed by atoms with Crippen molar-refractivity contribution in [1.82, 2.24) is 9.38 Å². The van der Waals surface area contributed by atoms with Gasteiger partial charge in [0.1, 0.15) is 5.82 Å². The zero-order valence-corrected chi connectivity index (χ0v) is 12.9. The summed E-state index contributed by atoms with van der Waals surface area (Å²) in [6, 6.07) is 10.3. The molecule has 1 fully saturated rings. The second-order valence-electron chi connectivity index (χ2n) is 6.14. The summed E-state index contributed by atoms with van der Waals surface area (Å²) >= 11 is 0. The van der Waals surface area contributed by atoms with Crippen LogP contribution in [0.15, 0.2) is 48.7 Å². The van der Waals surface area contributed by atoms with Crippen LogP contribution in [0.5, 0.6) is 0 Å². The number of imidazole rings is 1. The lowest BCUT2D eigenvalue weighted by atomic mass is 10.1. The van der Waals surface area contributed by atoms with E-state index in [2.05, 4.69) is 4.98 Å². The van der Waals surface area contributed by atoms with Gasteiger partial charge in [-0.3, -0.25) is 4.79 Å². The molecule has 1 aliphatic carbocycles. The molecule has 0 spiro atoms. The van der Waals surface area contributed by atoms with Crippen LogP contribution in [-0.4, -0.2) is 20.5 Å². The van der Waals surface area contributed by atoms with E-state index in [0.29, 0.717) is 23.5 Å². The molecular weight excluding hydrogens is 333 g/mol. The third-order valence-corrected chi connectivity index (χ3v) is 4.50. The normalized spacial score (nSPS) is 20.0. The fourth-order valence-corrected chi connectivity index (χ4v) is 3.11. The van der Waals surface area contributed by atoms with Crippen LogP contribution in [-0.2, 0) is 11.0 Å². The van der Waals surface area contributed by atoms with Crippen LogP contribution in [0.2, 0.25) is 0 Å². The van der Waals surface area contributed by atoms with Gasteiger partial charge in [-0.25, -0.2) is 4.98 Å². The molecule has 2 heterocycles. The topological polar surface area (TPSA) is 54.6 Å². The Morgan fingerprint density at radius 2 is 1.88 bits per heavy atom. The molecule has 128 valence electrons. The molecule has 1 aromatic carbocycles. The zero-order chi connectivity index (χ0) is 17.8. The number of hydrogen-bond acceptors (Lipinski definition) is 2. The van der Waals surface area contributed by atoms with Gasteiger partial charge in [0.2, 0.25) is 0 Å². The molecule has 1 saturated carbocycles. The Balaban J connectivity index is 1.79. The molecular formula is C18H13F3N2O2. The molecule has 1 aliphatic rings. The van der Waals surface area contributed by atoms with E-state index >= 15 is 0 Å². The molecule has 1 N–H and O–H groups in total. The maximum Gasteiger partial charge on any atom is 0.416 e. The lowest BCUT2D eigenvalue weighted by Crippen LogP contribution is -2.04. The number of carboxylic acid groups (broad SMARTS) is 1. The first-order valence-corrected chi connectivity index (χ1v) is 7.73. The van der Waals surface area contributed by atoms with Crippen LogP contribution in [0.3, 0.4) is 0 Å². The predicted molar refractivity (Wildman–Crippen MR) is 84.1 cm³/mol. The van der Waals surface area contributed by atoms with Crippen molar-refractivity contribution in [2.75, 3.05) is 0 Å². The molecule has 7 heteroatoms. The lowest BCUT2D eigenvalue weighted by molar-refractivity contribution is -0.139. The van der Waals surface area contributed by atoms with Gasteiger partial charge in [0.05, 0.1) is 22.7 Å². The fraction of sp³-hybridized carbons (Fsp3) is 0.222. The monoisotopic (exact) mass is 346 g/mol. The van der Waals surface area contributed by atoms with Crippen molar-refractivity contribution in [3.8, 4) is 11.3 Å². The average Bonchev–Trinajstić information content (AvgIpc) is 3.29. The quantitative estimate of drug-likeness (QED) is 0.773. The first kappa shape index (κ1) is 15.7. The van der Waals surface area contributed by atoms with E-state index < -0.39 is 23.6 Å². The lowest BCUT2D eigenvalue weighted by Gasteiger charge is -2.06. The Morgan fingerprint density at radius 1 is 1.16 bits per heavy atom. The van der Waals surface area contributed by atoms with Gasteiger partial charge in [-0.15, -0.1) is 0 Å². The fourth-order valence-electron chi connectivity index (χ4n) is 3.11. The largest absolute Gasteiger partial charge is 0.481 e. The van der Waals surface area contributed by atoms with Crippen LogP contribution < -0.4 is 0 Å². The van der Waals surface area contributed by atoms with Crippen molar-refractivity contribution in [1.29, 1.82) is 0 Å². The average molecular weight is 346 g/mol. The summed E-state index contributed by atoms with van der Waals surface area (Å²) in [7, 11) is 0. The molecule has 2 atom stereocenters. The number of aliphatic carboxylic acids is 1. The summed E-state index contributed by atoms with van der Waals surface area (Å²) < 4.78 is 40.0. The Hall–Kier alpha value is -2.83. The predicted octanol–water partition coefficient (Wildman–Crippen LogP) is 4.21. The number of hydrogen-bond donors (Lipinski definition) is 1. The van der Waals surface area contributed by atoms with Crippen LogP contribution in [0.1, 0.15) is 23.7 Å². The summed E-state index contributed by atoms with van der Waals surface area (Å²) in [5, 5.41) is 9.14. The smallest absolute Gasteiger partial charge is 0.416 e. The van der Waals surface area contributed by atoms with E-state index in [0.717, 1.165) is 17.6 Å². The number of carbonyl (C=O) groups is 1. The summed E-state index contributed by atoms with van der Waals surface area (Å²) in [6.45, 7) is 0. The van der Waals surface area contributed by atoms with E-state index in [1.54, 1.807) is 6.20 Å². The number of carboxylic acids is 1. The van der Waals surface area contributed by atoms with E-state index in [1.807, 2.05) is 22.6 Å². The first-order valence-electron chi connectivity index (χ1n) is 7.73. The van der Waals surface area contributed by atoms with Gasteiger partial charge in [-0.05, 0) is 30.7 Å². The highest BCUT2D eigenvalue weighted by Gasteiger charge is 2.47. The molecule has 0 bridgehead atoms. The van der Waals surface area contributed by atoms with E-state index in [9.17, 15) is 18.0 Å². The van der Waals surface area contributed by atoms with Crippen LogP contribution in [0.4, 0.5) is 13.2 Å². The number of benzene rings is 1. The minimum Gasteiger partial charge on any atom is -0.481 e. The van der Waals surface area contributed by atoms with Gasteiger partial charge in [-0.1, -0.05) is 18.2 Å². The zero-order valence-electron chi connectivity index (χ0n) is 12.9. The van der Waals surface area contributed by atoms with Crippen molar-refractivity contribution in [3.05, 3.63) is 60.0 Å². The molecule has 0 radical (unpaired) electrons. The van der Waals surface area contributed by atoms with Gasteiger partial charge in [-0.2, -0.15) is 13.2 Å². The Bertz CT molecular complexity index is 961. The number of rotatable bonds is 3. The Kier molecular flexibility index (Phi) is 3.35. The highest BCUT2D eigenvalue weighted by atomic mass is 19.4. The van der Waals surface area contributed by atoms with Crippen molar-refractivity contribution < 1.29 is 23.1 Å². The highest BCUT2D eigenvalue weighted by molar-refractivity contribution is 5.79. The van der Waals surface area contributed by atoms with Crippen LogP contribution in [0.25, 0.3) is 16.8 Å². The highest BCUT2D eigenvalue weighted by Crippen LogP contribution is 2.48. The second-order valence-corrected chi connectivity index (χ2v) is 6.14. The molecule has 4 rings (SSSR count). The van der Waals surface area contributed by atoms with Gasteiger partial charge < -0.3 is 9.51 Å². The number of alkyl halides is 3. The SMILES string of the molecule is O=C(O)[C@H]1C[C@H]1c1nc(-c2ccc(C(F)(F)F)cc2)c2ccccn12. The first-order chi connectivity index (χ1) is 11.9. The number of fused-ring (bicyclic) bond motifs is 1. The summed E-state index contributed by atoms with van der Waals surface area (Å²) in [4.78, 5) is 15.7. The van der Waals surface area contributed by atoms with Crippen molar-refractivity contribution in [3.63, 3.8) is 0 Å². The molecule has 0 unspecified atom stereocenters. The maximum absolute atomic E-state index is 12.7. The van der Waals surface area contributed by atoms with Gasteiger partial charge in [0.25, 0.3) is 0 Å². The number of halogens is 3. The van der Waals surface area contributed by atoms with Crippen molar-refractivity contribution in [2.45, 2.75) is 18.5 Å². The summed E-state index contributed by atoms with van der Waals surface area (Å²) in [5.74, 6) is -0.839. The molecule has 25 heavy (non-hydrogen) atoms. The number of pyridine rings is 1. The summed E-state index contributed by atoms with van der Waals surface area (Å²) in [5.41, 5.74) is 1.15. The minimum absolute atomic E-state index is 0.171. The molecule has 0 amide bonds. The third kappa shape index (κ3) is 2.65. The van der Waals surface area contributed by atoms with Crippen molar-refractivity contribution in [2.24, 2.45) is 5.92 Å². The van der Waals surface area contributed by atoms with Gasteiger partial charge >= 0.3 is 12.1 Å². The van der Waals surface area contributed by atoms with E-state index in [-0.39, 0.29) is 5.92 Å². The third-order valence-electron chi connectivity index (χ3n) is 4.50. The molecule has 4 nitrogen and oxygen atoms in total. The molecule has 2 aromatic heterocycles. The standard InChI is InChI=1S/C18H13F3N2O2/c19-18(20,21)11-6-4-10(5-7-11)15-14-3-1-2-8-23(14)16(22-15)12-9-13(12)17(24)25/h1-8,12-13H,9H2,(H,24,25)/t12-,13+/m1/s1. The number of nitrogens with zero attached hydrogens (tertiary/aromatic N) is 2. The maximum atomic E-state index is 12.7. The second kappa shape index (κ2) is 5.34. The van der Waals surface area contributed by atoms with E-state index in [4.69, 9.17) is 5.11 Å². The Labute approximate surface area is 140 Å². The Morgan fingerprint density at radius 3 is 2.48 bits per heavy atom. The molecule has 0 aliphatic heterocycles. The van der Waals surface area contributed by atoms with E-state index in [1.165, 1.54) is 12.1 Å². The molecule has 3 aromatic rings. The van der Waals surface area contributed by atoms with Crippen LogP contribution in [0, 0.1) is 5.92 Å². The van der Waals surface area contributed by atoms with Crippen LogP contribution >= 0.6 is 0 Å².